The third-order valence-corrected chi connectivity index (χ3v) is 2.89. The molecule has 3 N–H and O–H groups in total. The summed E-state index contributed by atoms with van der Waals surface area (Å²) >= 11 is 0. The number of nitrogens with one attached hydrogen (secondary N) is 1. The third-order valence-electron chi connectivity index (χ3n) is 2.89. The molecule has 0 bridgehead atoms. The van der Waals surface area contributed by atoms with E-state index < -0.39 is 0 Å². The van der Waals surface area contributed by atoms with Gasteiger partial charge in [0.15, 0.2) is 0 Å². The third kappa shape index (κ3) is 3.44. The van der Waals surface area contributed by atoms with Gasteiger partial charge in [-0.3, -0.25) is 5.84 Å². The van der Waals surface area contributed by atoms with Crippen molar-refractivity contribution < 1.29 is 4.42 Å². The number of aryl methyl sites for hydroxylation is 1. The van der Waals surface area contributed by atoms with Crippen LogP contribution in [0.4, 0.5) is 0 Å². The first-order valence-corrected chi connectivity index (χ1v) is 5.93. The van der Waals surface area contributed by atoms with Crippen LogP contribution in [-0.2, 0) is 6.42 Å². The minimum Gasteiger partial charge on any atom is -0.468 e. The molecule has 0 saturated carbocycles. The van der Waals surface area contributed by atoms with Crippen molar-refractivity contribution in [2.45, 2.75) is 25.3 Å². The van der Waals surface area contributed by atoms with Gasteiger partial charge in [0.05, 0.1) is 12.3 Å². The maximum atomic E-state index is 5.53. The van der Waals surface area contributed by atoms with Crippen LogP contribution in [0, 0.1) is 0 Å². The van der Waals surface area contributed by atoms with Crippen molar-refractivity contribution in [2.24, 2.45) is 5.84 Å². The van der Waals surface area contributed by atoms with Crippen molar-refractivity contribution >= 4 is 0 Å². The van der Waals surface area contributed by atoms with E-state index in [0.717, 1.165) is 25.0 Å². The molecule has 0 fully saturated rings. The van der Waals surface area contributed by atoms with Crippen molar-refractivity contribution in [3.8, 4) is 0 Å². The fourth-order valence-corrected chi connectivity index (χ4v) is 1.95. The molecule has 1 unspecified atom stereocenters. The highest BCUT2D eigenvalue weighted by molar-refractivity contribution is 5.14. The molecule has 1 aromatic carbocycles. The molecular formula is C14H18N2O. The molecule has 1 aromatic heterocycles. The number of benzene rings is 1. The summed E-state index contributed by atoms with van der Waals surface area (Å²) in [4.78, 5) is 0. The van der Waals surface area contributed by atoms with Crippen LogP contribution in [0.5, 0.6) is 0 Å². The number of rotatable bonds is 6. The van der Waals surface area contributed by atoms with Gasteiger partial charge in [-0.2, -0.15) is 0 Å². The maximum Gasteiger partial charge on any atom is 0.122 e. The van der Waals surface area contributed by atoms with Crippen molar-refractivity contribution in [1.82, 2.24) is 5.43 Å². The molecule has 0 amide bonds. The Morgan fingerprint density at radius 2 is 1.94 bits per heavy atom. The summed E-state index contributed by atoms with van der Waals surface area (Å²) in [7, 11) is 0. The van der Waals surface area contributed by atoms with E-state index in [2.05, 4.69) is 29.7 Å². The van der Waals surface area contributed by atoms with E-state index in [0.29, 0.717) is 0 Å². The normalized spacial score (nSPS) is 12.5. The topological polar surface area (TPSA) is 51.2 Å². The molecule has 17 heavy (non-hydrogen) atoms. The molecule has 90 valence electrons. The van der Waals surface area contributed by atoms with Gasteiger partial charge in [0.1, 0.15) is 5.76 Å². The quantitative estimate of drug-likeness (QED) is 0.592. The first kappa shape index (κ1) is 11.9. The minimum atomic E-state index is 0.105. The molecule has 3 nitrogen and oxygen atoms in total. The molecular weight excluding hydrogens is 212 g/mol. The van der Waals surface area contributed by atoms with Gasteiger partial charge in [-0.15, -0.1) is 0 Å². The maximum absolute atomic E-state index is 5.53. The summed E-state index contributed by atoms with van der Waals surface area (Å²) in [5, 5.41) is 0. The van der Waals surface area contributed by atoms with Crippen molar-refractivity contribution in [3.05, 3.63) is 60.1 Å². The molecule has 1 atom stereocenters. The average molecular weight is 230 g/mol. The van der Waals surface area contributed by atoms with E-state index in [9.17, 15) is 0 Å². The molecule has 0 aliphatic carbocycles. The Hall–Kier alpha value is -1.58. The zero-order chi connectivity index (χ0) is 11.9. The van der Waals surface area contributed by atoms with E-state index >= 15 is 0 Å². The van der Waals surface area contributed by atoms with Crippen LogP contribution in [-0.4, -0.2) is 0 Å². The fraction of sp³-hybridized carbons (Fsp3) is 0.286. The summed E-state index contributed by atoms with van der Waals surface area (Å²) in [6, 6.07) is 14.4. The molecule has 0 aliphatic rings. The van der Waals surface area contributed by atoms with E-state index in [1.54, 1.807) is 6.26 Å². The van der Waals surface area contributed by atoms with Gasteiger partial charge in [-0.05, 0) is 37.0 Å². The highest BCUT2D eigenvalue weighted by Gasteiger charge is 2.11. The molecule has 2 aromatic rings. The van der Waals surface area contributed by atoms with Gasteiger partial charge in [0.25, 0.3) is 0 Å². The largest absolute Gasteiger partial charge is 0.468 e. The highest BCUT2D eigenvalue weighted by atomic mass is 16.3. The number of furan rings is 1. The molecule has 1 heterocycles. The Bertz CT molecular complexity index is 411. The Morgan fingerprint density at radius 3 is 2.59 bits per heavy atom. The Kier molecular flexibility index (Phi) is 4.36. The van der Waals surface area contributed by atoms with Crippen molar-refractivity contribution in [3.63, 3.8) is 0 Å². The van der Waals surface area contributed by atoms with Crippen molar-refractivity contribution in [2.75, 3.05) is 0 Å². The number of nitrogens with two attached hydrogens (primary N) is 1. The van der Waals surface area contributed by atoms with Gasteiger partial charge in [0.2, 0.25) is 0 Å². The van der Waals surface area contributed by atoms with Crippen LogP contribution in [0.3, 0.4) is 0 Å². The second-order valence-corrected chi connectivity index (χ2v) is 4.11. The molecule has 0 radical (unpaired) electrons. The highest BCUT2D eigenvalue weighted by Crippen LogP contribution is 2.19. The lowest BCUT2D eigenvalue weighted by Crippen LogP contribution is -2.27. The van der Waals surface area contributed by atoms with E-state index in [1.807, 2.05) is 18.2 Å². The Balaban J connectivity index is 1.81. The molecule has 0 spiro atoms. The predicted molar refractivity (Wildman–Crippen MR) is 68.2 cm³/mol. The van der Waals surface area contributed by atoms with E-state index in [1.165, 1.54) is 5.56 Å². The van der Waals surface area contributed by atoms with Gasteiger partial charge in [-0.1, -0.05) is 30.3 Å². The number of hydrazine groups is 1. The van der Waals surface area contributed by atoms with Gasteiger partial charge >= 0.3 is 0 Å². The van der Waals surface area contributed by atoms with Crippen LogP contribution < -0.4 is 11.3 Å². The second-order valence-electron chi connectivity index (χ2n) is 4.11. The van der Waals surface area contributed by atoms with Gasteiger partial charge in [-0.25, -0.2) is 5.43 Å². The summed E-state index contributed by atoms with van der Waals surface area (Å²) in [5.41, 5.74) is 4.16. The van der Waals surface area contributed by atoms with Crippen LogP contribution >= 0.6 is 0 Å². The lowest BCUT2D eigenvalue weighted by molar-refractivity contribution is 0.394. The predicted octanol–water partition coefficient (Wildman–Crippen LogP) is 2.81. The number of hydrogen-bond donors (Lipinski definition) is 2. The first-order chi connectivity index (χ1) is 8.40. The lowest BCUT2D eigenvalue weighted by Gasteiger charge is -2.12. The van der Waals surface area contributed by atoms with Crippen LogP contribution in [0.15, 0.2) is 53.1 Å². The van der Waals surface area contributed by atoms with Crippen LogP contribution in [0.2, 0.25) is 0 Å². The Morgan fingerprint density at radius 1 is 1.12 bits per heavy atom. The minimum absolute atomic E-state index is 0.105. The zero-order valence-electron chi connectivity index (χ0n) is 9.80. The Labute approximate surface area is 102 Å². The monoisotopic (exact) mass is 230 g/mol. The van der Waals surface area contributed by atoms with Crippen LogP contribution in [0.1, 0.15) is 30.2 Å². The summed E-state index contributed by atoms with van der Waals surface area (Å²) in [5.74, 6) is 6.44. The van der Waals surface area contributed by atoms with E-state index in [-0.39, 0.29) is 6.04 Å². The first-order valence-electron chi connectivity index (χ1n) is 5.93. The SMILES string of the molecule is NNC(CCCc1ccccc1)c1ccco1. The standard InChI is InChI=1S/C14H18N2O/c15-16-13(14-10-5-11-17-14)9-4-8-12-6-2-1-3-7-12/h1-3,5-7,10-11,13,16H,4,8-9,15H2. The van der Waals surface area contributed by atoms with Gasteiger partial charge in [0, 0.05) is 0 Å². The average Bonchev–Trinajstić information content (AvgIpc) is 2.90. The lowest BCUT2D eigenvalue weighted by atomic mass is 10.0. The van der Waals surface area contributed by atoms with Gasteiger partial charge < -0.3 is 4.42 Å². The molecule has 3 heteroatoms. The molecule has 2 rings (SSSR count). The zero-order valence-corrected chi connectivity index (χ0v) is 9.80. The summed E-state index contributed by atoms with van der Waals surface area (Å²) < 4.78 is 5.35. The van der Waals surface area contributed by atoms with Crippen LogP contribution in [0.25, 0.3) is 0 Å². The second kappa shape index (κ2) is 6.23. The summed E-state index contributed by atoms with van der Waals surface area (Å²) in [6.45, 7) is 0. The smallest absolute Gasteiger partial charge is 0.122 e. The van der Waals surface area contributed by atoms with E-state index in [4.69, 9.17) is 10.3 Å². The molecule has 0 aliphatic heterocycles. The van der Waals surface area contributed by atoms with Crippen molar-refractivity contribution in [1.29, 1.82) is 0 Å². The summed E-state index contributed by atoms with van der Waals surface area (Å²) in [6.07, 6.45) is 4.80. The molecule has 0 saturated heterocycles. The fourth-order valence-electron chi connectivity index (χ4n) is 1.95. The number of hydrogen-bond acceptors (Lipinski definition) is 3.